The Kier molecular flexibility index (Phi) is 6.92. The number of methoxy groups -OCH3 is 1. The van der Waals surface area contributed by atoms with Crippen molar-refractivity contribution >= 4 is 17.5 Å². The fourth-order valence-electron chi connectivity index (χ4n) is 2.70. The lowest BCUT2D eigenvalue weighted by molar-refractivity contribution is 0.0937. The Bertz CT molecular complexity index is 785. The number of anilines is 1. The summed E-state index contributed by atoms with van der Waals surface area (Å²) in [7, 11) is 1.58. The van der Waals surface area contributed by atoms with Crippen LogP contribution in [0.3, 0.4) is 0 Å². The van der Waals surface area contributed by atoms with Crippen molar-refractivity contribution in [3.63, 3.8) is 0 Å². The molecule has 0 unspecified atom stereocenters. The van der Waals surface area contributed by atoms with Crippen molar-refractivity contribution in [2.75, 3.05) is 25.6 Å². The Balaban J connectivity index is 2.19. The third kappa shape index (κ3) is 4.92. The van der Waals surface area contributed by atoms with E-state index in [-0.39, 0.29) is 11.8 Å². The zero-order valence-electron chi connectivity index (χ0n) is 15.8. The zero-order valence-corrected chi connectivity index (χ0v) is 15.8. The number of rotatable bonds is 7. The van der Waals surface area contributed by atoms with Crippen LogP contribution in [0.2, 0.25) is 0 Å². The SMILES string of the molecule is COCCNC(=O)c1cccc(C(=O)Nc2c(C)cccc2C(C)C)c1. The van der Waals surface area contributed by atoms with Gasteiger partial charge in [-0.15, -0.1) is 0 Å². The number of benzene rings is 2. The minimum absolute atomic E-state index is 0.226. The molecule has 0 aromatic heterocycles. The fourth-order valence-corrected chi connectivity index (χ4v) is 2.70. The molecule has 0 aliphatic carbocycles. The van der Waals surface area contributed by atoms with Crippen LogP contribution in [-0.4, -0.2) is 32.1 Å². The van der Waals surface area contributed by atoms with Gasteiger partial charge in [0, 0.05) is 30.5 Å². The van der Waals surface area contributed by atoms with Crippen molar-refractivity contribution in [1.82, 2.24) is 5.32 Å². The van der Waals surface area contributed by atoms with E-state index in [2.05, 4.69) is 24.5 Å². The monoisotopic (exact) mass is 354 g/mol. The van der Waals surface area contributed by atoms with Gasteiger partial charge in [-0.3, -0.25) is 9.59 Å². The average Bonchev–Trinajstić information content (AvgIpc) is 2.63. The van der Waals surface area contributed by atoms with Gasteiger partial charge in [0.05, 0.1) is 6.61 Å². The number of amides is 2. The maximum absolute atomic E-state index is 12.7. The van der Waals surface area contributed by atoms with Crippen LogP contribution < -0.4 is 10.6 Å². The van der Waals surface area contributed by atoms with Crippen LogP contribution in [0.25, 0.3) is 0 Å². The first kappa shape index (κ1) is 19.7. The Labute approximate surface area is 154 Å². The molecule has 0 saturated heterocycles. The predicted octanol–water partition coefficient (Wildman–Crippen LogP) is 3.75. The quantitative estimate of drug-likeness (QED) is 0.744. The van der Waals surface area contributed by atoms with E-state index in [1.165, 1.54) is 0 Å². The molecule has 0 heterocycles. The van der Waals surface area contributed by atoms with Crippen LogP contribution in [0.1, 0.15) is 51.6 Å². The molecule has 0 atom stereocenters. The summed E-state index contributed by atoms with van der Waals surface area (Å²) in [5.41, 5.74) is 3.83. The number of ether oxygens (including phenoxy) is 1. The van der Waals surface area contributed by atoms with Gasteiger partial charge in [0.25, 0.3) is 11.8 Å². The highest BCUT2D eigenvalue weighted by Gasteiger charge is 2.15. The van der Waals surface area contributed by atoms with Crippen molar-refractivity contribution in [3.05, 3.63) is 64.7 Å². The van der Waals surface area contributed by atoms with Gasteiger partial charge in [0.1, 0.15) is 0 Å². The molecule has 0 spiro atoms. The number of aryl methyl sites for hydroxylation is 1. The molecule has 5 nitrogen and oxygen atoms in total. The first-order valence-electron chi connectivity index (χ1n) is 8.72. The average molecular weight is 354 g/mol. The largest absolute Gasteiger partial charge is 0.383 e. The summed E-state index contributed by atoms with van der Waals surface area (Å²) < 4.78 is 4.92. The van der Waals surface area contributed by atoms with Crippen LogP contribution in [0.15, 0.2) is 42.5 Å². The van der Waals surface area contributed by atoms with E-state index < -0.39 is 0 Å². The first-order chi connectivity index (χ1) is 12.4. The standard InChI is InChI=1S/C21H26N2O3/c1-14(2)18-10-5-7-15(3)19(18)23-21(25)17-9-6-8-16(13-17)20(24)22-11-12-26-4/h5-10,13-14H,11-12H2,1-4H3,(H,22,24)(H,23,25). The summed E-state index contributed by atoms with van der Waals surface area (Å²) in [5, 5.41) is 5.76. The van der Waals surface area contributed by atoms with Crippen molar-refractivity contribution in [2.24, 2.45) is 0 Å². The third-order valence-electron chi connectivity index (χ3n) is 4.14. The molecule has 2 N–H and O–H groups in total. The number of carbonyl (C=O) groups is 2. The molecule has 26 heavy (non-hydrogen) atoms. The molecule has 0 bridgehead atoms. The molecule has 2 amide bonds. The molecule has 2 rings (SSSR count). The van der Waals surface area contributed by atoms with Crippen molar-refractivity contribution in [2.45, 2.75) is 26.7 Å². The predicted molar refractivity (Wildman–Crippen MR) is 104 cm³/mol. The highest BCUT2D eigenvalue weighted by atomic mass is 16.5. The summed E-state index contributed by atoms with van der Waals surface area (Å²) >= 11 is 0. The Morgan fingerprint density at radius 2 is 1.69 bits per heavy atom. The molecule has 5 heteroatoms. The van der Waals surface area contributed by atoms with Gasteiger partial charge < -0.3 is 15.4 Å². The van der Waals surface area contributed by atoms with Crippen LogP contribution in [0, 0.1) is 6.92 Å². The molecule has 0 aliphatic heterocycles. The number of carbonyl (C=O) groups excluding carboxylic acids is 2. The number of para-hydroxylation sites is 1. The second-order valence-corrected chi connectivity index (χ2v) is 6.48. The lowest BCUT2D eigenvalue weighted by atomic mass is 9.98. The fraction of sp³-hybridized carbons (Fsp3) is 0.333. The summed E-state index contributed by atoms with van der Waals surface area (Å²) in [6.45, 7) is 7.02. The molecule has 0 fully saturated rings. The molecule has 0 radical (unpaired) electrons. The van der Waals surface area contributed by atoms with Gasteiger partial charge in [-0.1, -0.05) is 38.1 Å². The lowest BCUT2D eigenvalue weighted by Crippen LogP contribution is -2.27. The summed E-state index contributed by atoms with van der Waals surface area (Å²) in [6.07, 6.45) is 0. The van der Waals surface area contributed by atoms with E-state index in [1.807, 2.05) is 25.1 Å². The molecule has 2 aromatic rings. The van der Waals surface area contributed by atoms with E-state index in [4.69, 9.17) is 4.74 Å². The van der Waals surface area contributed by atoms with Gasteiger partial charge in [-0.2, -0.15) is 0 Å². The van der Waals surface area contributed by atoms with E-state index in [0.717, 1.165) is 16.8 Å². The number of nitrogens with one attached hydrogen (secondary N) is 2. The van der Waals surface area contributed by atoms with E-state index in [0.29, 0.717) is 30.2 Å². The third-order valence-corrected chi connectivity index (χ3v) is 4.14. The normalized spacial score (nSPS) is 10.7. The lowest BCUT2D eigenvalue weighted by Gasteiger charge is -2.16. The van der Waals surface area contributed by atoms with E-state index in [1.54, 1.807) is 31.4 Å². The van der Waals surface area contributed by atoms with Gasteiger partial charge in [0.15, 0.2) is 0 Å². The van der Waals surface area contributed by atoms with Gasteiger partial charge in [0.2, 0.25) is 0 Å². The van der Waals surface area contributed by atoms with Gasteiger partial charge >= 0.3 is 0 Å². The maximum atomic E-state index is 12.7. The minimum atomic E-state index is -0.229. The number of hydrogen-bond acceptors (Lipinski definition) is 3. The van der Waals surface area contributed by atoms with Crippen LogP contribution >= 0.6 is 0 Å². The molecule has 138 valence electrons. The second-order valence-electron chi connectivity index (χ2n) is 6.48. The second kappa shape index (κ2) is 9.15. The van der Waals surface area contributed by atoms with Crippen LogP contribution in [0.5, 0.6) is 0 Å². The topological polar surface area (TPSA) is 67.4 Å². The van der Waals surface area contributed by atoms with E-state index in [9.17, 15) is 9.59 Å². The Morgan fingerprint density at radius 1 is 1.04 bits per heavy atom. The van der Waals surface area contributed by atoms with Gasteiger partial charge in [-0.05, 0) is 42.2 Å². The summed E-state index contributed by atoms with van der Waals surface area (Å²) in [5.74, 6) is -0.161. The highest BCUT2D eigenvalue weighted by molar-refractivity contribution is 6.06. The van der Waals surface area contributed by atoms with Crippen molar-refractivity contribution < 1.29 is 14.3 Å². The molecule has 0 saturated carbocycles. The Hall–Kier alpha value is -2.66. The van der Waals surface area contributed by atoms with Crippen molar-refractivity contribution in [1.29, 1.82) is 0 Å². The Morgan fingerprint density at radius 3 is 2.35 bits per heavy atom. The minimum Gasteiger partial charge on any atom is -0.383 e. The zero-order chi connectivity index (χ0) is 19.1. The maximum Gasteiger partial charge on any atom is 0.255 e. The van der Waals surface area contributed by atoms with E-state index >= 15 is 0 Å². The molecular weight excluding hydrogens is 328 g/mol. The smallest absolute Gasteiger partial charge is 0.255 e. The van der Waals surface area contributed by atoms with Gasteiger partial charge in [-0.25, -0.2) is 0 Å². The highest BCUT2D eigenvalue weighted by Crippen LogP contribution is 2.27. The molecular formula is C21H26N2O3. The van der Waals surface area contributed by atoms with Crippen LogP contribution in [-0.2, 0) is 4.74 Å². The van der Waals surface area contributed by atoms with Crippen LogP contribution in [0.4, 0.5) is 5.69 Å². The van der Waals surface area contributed by atoms with Crippen molar-refractivity contribution in [3.8, 4) is 0 Å². The summed E-state index contributed by atoms with van der Waals surface area (Å²) in [4.78, 5) is 24.9. The summed E-state index contributed by atoms with van der Waals surface area (Å²) in [6, 6.07) is 12.7. The first-order valence-corrected chi connectivity index (χ1v) is 8.72. The molecule has 2 aromatic carbocycles. The molecule has 0 aliphatic rings. The number of hydrogen-bond donors (Lipinski definition) is 2.